The lowest BCUT2D eigenvalue weighted by atomic mass is 9.69. The van der Waals surface area contributed by atoms with E-state index in [2.05, 4.69) is 13.8 Å². The van der Waals surface area contributed by atoms with Crippen LogP contribution in [-0.4, -0.2) is 0 Å². The Bertz CT molecular complexity index is 180. The summed E-state index contributed by atoms with van der Waals surface area (Å²) in [5.74, 6) is 0. The van der Waals surface area contributed by atoms with Gasteiger partial charge in [-0.1, -0.05) is 46.0 Å². The molecule has 14 heavy (non-hydrogen) atoms. The van der Waals surface area contributed by atoms with Crippen molar-refractivity contribution in [3.8, 4) is 0 Å². The Hall–Kier alpha value is 0. The van der Waals surface area contributed by atoms with Crippen LogP contribution in [0.5, 0.6) is 0 Å². The van der Waals surface area contributed by atoms with Gasteiger partial charge in [-0.25, -0.2) is 0 Å². The molecule has 0 unspecified atom stereocenters. The van der Waals surface area contributed by atoms with Crippen LogP contribution in [0.1, 0.15) is 78.1 Å². The van der Waals surface area contributed by atoms with Crippen molar-refractivity contribution in [2.24, 2.45) is 10.8 Å². The van der Waals surface area contributed by atoms with E-state index >= 15 is 0 Å². The van der Waals surface area contributed by atoms with Crippen LogP contribution in [0.4, 0.5) is 0 Å². The SMILES string of the molecule is CCC1(CC2(C)CCCC2)CCCC1. The van der Waals surface area contributed by atoms with Crippen LogP contribution in [0.2, 0.25) is 0 Å². The molecule has 0 amide bonds. The van der Waals surface area contributed by atoms with Gasteiger partial charge >= 0.3 is 0 Å². The van der Waals surface area contributed by atoms with Crippen LogP contribution in [0, 0.1) is 10.8 Å². The zero-order valence-electron chi connectivity index (χ0n) is 10.1. The second-order valence-corrected chi connectivity index (χ2v) is 6.26. The summed E-state index contributed by atoms with van der Waals surface area (Å²) in [5, 5.41) is 0. The first-order chi connectivity index (χ1) is 6.68. The Kier molecular flexibility index (Phi) is 2.91. The Morgan fingerprint density at radius 3 is 1.86 bits per heavy atom. The smallest absolute Gasteiger partial charge is 0.0295 e. The van der Waals surface area contributed by atoms with Gasteiger partial charge in [0.05, 0.1) is 0 Å². The Morgan fingerprint density at radius 2 is 1.36 bits per heavy atom. The van der Waals surface area contributed by atoms with Crippen LogP contribution in [-0.2, 0) is 0 Å². The lowest BCUT2D eigenvalue weighted by Crippen LogP contribution is -2.25. The summed E-state index contributed by atoms with van der Waals surface area (Å²) in [4.78, 5) is 0. The van der Waals surface area contributed by atoms with Gasteiger partial charge in [-0.2, -0.15) is 0 Å². The maximum Gasteiger partial charge on any atom is -0.0295 e. The van der Waals surface area contributed by atoms with Gasteiger partial charge in [-0.3, -0.25) is 0 Å². The third kappa shape index (κ3) is 1.99. The van der Waals surface area contributed by atoms with Crippen LogP contribution >= 0.6 is 0 Å². The first-order valence-electron chi connectivity index (χ1n) is 6.68. The number of rotatable bonds is 3. The third-order valence-corrected chi connectivity index (χ3v) is 5.03. The molecule has 82 valence electrons. The molecule has 0 heteroatoms. The van der Waals surface area contributed by atoms with Crippen LogP contribution in [0.15, 0.2) is 0 Å². The van der Waals surface area contributed by atoms with Gasteiger partial charge in [0.1, 0.15) is 0 Å². The molecule has 0 aliphatic heterocycles. The molecule has 0 N–H and O–H groups in total. The quantitative estimate of drug-likeness (QED) is 0.597. The van der Waals surface area contributed by atoms with Crippen molar-refractivity contribution in [2.45, 2.75) is 78.1 Å². The summed E-state index contributed by atoms with van der Waals surface area (Å²) in [6, 6.07) is 0. The molecule has 0 spiro atoms. The molecule has 0 nitrogen and oxygen atoms in total. The fourth-order valence-corrected chi connectivity index (χ4v) is 4.09. The van der Waals surface area contributed by atoms with E-state index < -0.39 is 0 Å². The van der Waals surface area contributed by atoms with Crippen molar-refractivity contribution in [3.63, 3.8) is 0 Å². The lowest BCUT2D eigenvalue weighted by molar-refractivity contribution is 0.145. The highest BCUT2D eigenvalue weighted by Crippen LogP contribution is 2.53. The summed E-state index contributed by atoms with van der Waals surface area (Å²) < 4.78 is 0. The minimum absolute atomic E-state index is 0.723. The van der Waals surface area contributed by atoms with Gasteiger partial charge in [0.2, 0.25) is 0 Å². The van der Waals surface area contributed by atoms with Crippen molar-refractivity contribution < 1.29 is 0 Å². The van der Waals surface area contributed by atoms with E-state index in [9.17, 15) is 0 Å². The van der Waals surface area contributed by atoms with E-state index in [0.29, 0.717) is 0 Å². The fraction of sp³-hybridized carbons (Fsp3) is 1.00. The average molecular weight is 194 g/mol. The Morgan fingerprint density at radius 1 is 0.857 bits per heavy atom. The molecule has 0 atom stereocenters. The normalized spacial score (nSPS) is 29.6. The zero-order chi connectivity index (χ0) is 10.1. The van der Waals surface area contributed by atoms with Crippen molar-refractivity contribution >= 4 is 0 Å². The summed E-state index contributed by atoms with van der Waals surface area (Å²) in [5.41, 5.74) is 1.49. The van der Waals surface area contributed by atoms with Gasteiger partial charge in [0.25, 0.3) is 0 Å². The monoisotopic (exact) mass is 194 g/mol. The van der Waals surface area contributed by atoms with Gasteiger partial charge in [-0.15, -0.1) is 0 Å². The largest absolute Gasteiger partial charge is 0.0649 e. The van der Waals surface area contributed by atoms with Gasteiger partial charge < -0.3 is 0 Å². The first-order valence-corrected chi connectivity index (χ1v) is 6.68. The molecule has 2 aliphatic carbocycles. The molecule has 2 saturated carbocycles. The summed E-state index contributed by atoms with van der Waals surface area (Å²) in [6.07, 6.45) is 15.0. The molecular formula is C14H26. The minimum Gasteiger partial charge on any atom is -0.0649 e. The fourth-order valence-electron chi connectivity index (χ4n) is 4.09. The standard InChI is InChI=1S/C14H26/c1-3-14(10-6-7-11-14)12-13(2)8-4-5-9-13/h3-12H2,1-2H3. The molecule has 0 heterocycles. The van der Waals surface area contributed by atoms with Crippen molar-refractivity contribution in [2.75, 3.05) is 0 Å². The van der Waals surface area contributed by atoms with Crippen molar-refractivity contribution in [1.29, 1.82) is 0 Å². The molecule has 0 aromatic rings. The molecular weight excluding hydrogens is 168 g/mol. The highest BCUT2D eigenvalue weighted by molar-refractivity contribution is 4.92. The van der Waals surface area contributed by atoms with Gasteiger partial charge in [0, 0.05) is 0 Å². The molecule has 2 aliphatic rings. The summed E-state index contributed by atoms with van der Waals surface area (Å²) in [7, 11) is 0. The average Bonchev–Trinajstić information content (AvgIpc) is 2.76. The van der Waals surface area contributed by atoms with Gasteiger partial charge in [0.15, 0.2) is 0 Å². The maximum absolute atomic E-state index is 2.55. The number of hydrogen-bond donors (Lipinski definition) is 0. The van der Waals surface area contributed by atoms with Crippen molar-refractivity contribution in [1.82, 2.24) is 0 Å². The van der Waals surface area contributed by atoms with Crippen LogP contribution < -0.4 is 0 Å². The predicted molar refractivity (Wildman–Crippen MR) is 62.4 cm³/mol. The molecule has 2 rings (SSSR count). The Balaban J connectivity index is 1.99. The maximum atomic E-state index is 2.55. The third-order valence-electron chi connectivity index (χ3n) is 5.03. The molecule has 0 radical (unpaired) electrons. The van der Waals surface area contributed by atoms with Crippen molar-refractivity contribution in [3.05, 3.63) is 0 Å². The van der Waals surface area contributed by atoms with E-state index in [0.717, 1.165) is 10.8 Å². The van der Waals surface area contributed by atoms with E-state index in [1.165, 1.54) is 64.2 Å². The lowest BCUT2D eigenvalue weighted by Gasteiger charge is -2.37. The topological polar surface area (TPSA) is 0 Å². The highest BCUT2D eigenvalue weighted by atomic mass is 14.5. The number of hydrogen-bond acceptors (Lipinski definition) is 0. The van der Waals surface area contributed by atoms with E-state index in [-0.39, 0.29) is 0 Å². The molecule has 0 aromatic carbocycles. The molecule has 0 saturated heterocycles. The minimum atomic E-state index is 0.723. The predicted octanol–water partition coefficient (Wildman–Crippen LogP) is 4.93. The summed E-state index contributed by atoms with van der Waals surface area (Å²) in [6.45, 7) is 4.97. The zero-order valence-corrected chi connectivity index (χ0v) is 10.1. The first kappa shape index (κ1) is 10.5. The second-order valence-electron chi connectivity index (χ2n) is 6.26. The van der Waals surface area contributed by atoms with Crippen LogP contribution in [0.3, 0.4) is 0 Å². The highest BCUT2D eigenvalue weighted by Gasteiger charge is 2.40. The Labute approximate surface area is 89.5 Å². The molecule has 0 aromatic heterocycles. The second kappa shape index (κ2) is 3.87. The summed E-state index contributed by atoms with van der Waals surface area (Å²) >= 11 is 0. The molecule has 0 bridgehead atoms. The molecule has 2 fully saturated rings. The van der Waals surface area contributed by atoms with E-state index in [1.54, 1.807) is 0 Å². The van der Waals surface area contributed by atoms with E-state index in [4.69, 9.17) is 0 Å². The van der Waals surface area contributed by atoms with E-state index in [1.807, 2.05) is 0 Å². The van der Waals surface area contributed by atoms with Gasteiger partial charge in [-0.05, 0) is 42.9 Å². The van der Waals surface area contributed by atoms with Crippen LogP contribution in [0.25, 0.3) is 0 Å².